The lowest BCUT2D eigenvalue weighted by atomic mass is 10.2. The van der Waals surface area contributed by atoms with E-state index in [4.69, 9.17) is 5.10 Å². The Bertz CT molecular complexity index is 1120. The molecule has 7 nitrogen and oxygen atoms in total. The SMILES string of the molecule is O=[N+]([O-])c1ccccc1N/N=C\c1cn(-c2ccccc2)nc1-c1cccs1. The molecule has 4 rings (SSSR count). The van der Waals surface area contributed by atoms with Gasteiger partial charge in [0.25, 0.3) is 5.69 Å². The highest BCUT2D eigenvalue weighted by molar-refractivity contribution is 7.13. The van der Waals surface area contributed by atoms with Crippen LogP contribution in [0.2, 0.25) is 0 Å². The lowest BCUT2D eigenvalue weighted by Gasteiger charge is -2.00. The molecule has 2 aromatic heterocycles. The van der Waals surface area contributed by atoms with Gasteiger partial charge in [-0.1, -0.05) is 36.4 Å². The summed E-state index contributed by atoms with van der Waals surface area (Å²) in [6.45, 7) is 0. The number of aromatic nitrogens is 2. The van der Waals surface area contributed by atoms with Gasteiger partial charge in [-0.2, -0.15) is 10.2 Å². The molecule has 0 fully saturated rings. The van der Waals surface area contributed by atoms with Crippen molar-refractivity contribution in [2.75, 3.05) is 5.43 Å². The van der Waals surface area contributed by atoms with Crippen LogP contribution in [0.1, 0.15) is 5.56 Å². The third-order valence-corrected chi connectivity index (χ3v) is 4.88. The van der Waals surface area contributed by atoms with Crippen molar-refractivity contribution in [3.05, 3.63) is 94.0 Å². The Morgan fingerprint density at radius 2 is 1.86 bits per heavy atom. The number of hydrogen-bond donors (Lipinski definition) is 1. The van der Waals surface area contributed by atoms with Crippen molar-refractivity contribution in [1.82, 2.24) is 9.78 Å². The third kappa shape index (κ3) is 3.67. The topological polar surface area (TPSA) is 85.4 Å². The summed E-state index contributed by atoms with van der Waals surface area (Å²) in [6, 6.07) is 20.1. The zero-order chi connectivity index (χ0) is 19.3. The molecule has 4 aromatic rings. The van der Waals surface area contributed by atoms with Crippen molar-refractivity contribution in [2.24, 2.45) is 5.10 Å². The first kappa shape index (κ1) is 17.6. The molecule has 0 atom stereocenters. The summed E-state index contributed by atoms with van der Waals surface area (Å²) < 4.78 is 1.79. The summed E-state index contributed by atoms with van der Waals surface area (Å²) in [5, 5.41) is 22.0. The summed E-state index contributed by atoms with van der Waals surface area (Å²) >= 11 is 1.59. The average Bonchev–Trinajstić information content (AvgIpc) is 3.39. The molecule has 28 heavy (non-hydrogen) atoms. The number of nitro benzene ring substituents is 1. The summed E-state index contributed by atoms with van der Waals surface area (Å²) in [5.74, 6) is 0. The molecular formula is C20H15N5O2S. The van der Waals surface area contributed by atoms with E-state index in [0.29, 0.717) is 5.69 Å². The van der Waals surface area contributed by atoms with E-state index < -0.39 is 4.92 Å². The van der Waals surface area contributed by atoms with Gasteiger partial charge in [-0.3, -0.25) is 15.5 Å². The van der Waals surface area contributed by atoms with E-state index in [-0.39, 0.29) is 5.69 Å². The first-order valence-corrected chi connectivity index (χ1v) is 9.32. The molecule has 0 aliphatic carbocycles. The number of benzene rings is 2. The Kier molecular flexibility index (Phi) is 4.94. The highest BCUT2D eigenvalue weighted by Crippen LogP contribution is 2.27. The summed E-state index contributed by atoms with van der Waals surface area (Å²) in [5.41, 5.74) is 5.60. The lowest BCUT2D eigenvalue weighted by molar-refractivity contribution is -0.384. The number of thiophene rings is 1. The van der Waals surface area contributed by atoms with Crippen LogP contribution in [0, 0.1) is 10.1 Å². The Hall–Kier alpha value is -3.78. The number of rotatable bonds is 6. The minimum atomic E-state index is -0.442. The van der Waals surface area contributed by atoms with Crippen LogP contribution in [-0.4, -0.2) is 20.9 Å². The summed E-state index contributed by atoms with van der Waals surface area (Å²) in [4.78, 5) is 11.7. The minimum absolute atomic E-state index is 0.0295. The Morgan fingerprint density at radius 1 is 1.07 bits per heavy atom. The molecule has 2 heterocycles. The Labute approximate surface area is 164 Å². The maximum absolute atomic E-state index is 11.1. The fourth-order valence-electron chi connectivity index (χ4n) is 2.70. The molecule has 0 radical (unpaired) electrons. The van der Waals surface area contributed by atoms with Crippen LogP contribution in [-0.2, 0) is 0 Å². The van der Waals surface area contributed by atoms with Gasteiger partial charge in [-0.25, -0.2) is 4.68 Å². The minimum Gasteiger partial charge on any atom is -0.272 e. The van der Waals surface area contributed by atoms with Crippen LogP contribution in [0.25, 0.3) is 16.3 Å². The summed E-state index contributed by atoms with van der Waals surface area (Å²) in [6.07, 6.45) is 3.51. The van der Waals surface area contributed by atoms with Crippen molar-refractivity contribution >= 4 is 28.9 Å². The number of nitro groups is 1. The standard InChI is InChI=1S/C20H15N5O2S/c26-25(27)18-10-5-4-9-17(18)22-21-13-15-14-24(16-7-2-1-3-8-16)23-20(15)19-11-6-12-28-19/h1-14,22H/b21-13-. The van der Waals surface area contributed by atoms with E-state index in [0.717, 1.165) is 21.8 Å². The number of anilines is 1. The number of nitrogens with one attached hydrogen (secondary N) is 1. The van der Waals surface area contributed by atoms with E-state index in [2.05, 4.69) is 10.5 Å². The zero-order valence-electron chi connectivity index (χ0n) is 14.6. The maximum Gasteiger partial charge on any atom is 0.294 e. The van der Waals surface area contributed by atoms with Gasteiger partial charge >= 0.3 is 0 Å². The molecule has 0 aliphatic heterocycles. The number of nitrogens with zero attached hydrogens (tertiary/aromatic N) is 4. The van der Waals surface area contributed by atoms with Gasteiger partial charge in [0.05, 0.1) is 21.7 Å². The van der Waals surface area contributed by atoms with Crippen LogP contribution in [0.3, 0.4) is 0 Å². The van der Waals surface area contributed by atoms with Crippen LogP contribution in [0.5, 0.6) is 0 Å². The van der Waals surface area contributed by atoms with Gasteiger partial charge < -0.3 is 0 Å². The second-order valence-electron chi connectivity index (χ2n) is 5.83. The van der Waals surface area contributed by atoms with Crippen molar-refractivity contribution in [3.8, 4) is 16.3 Å². The van der Waals surface area contributed by atoms with Crippen LogP contribution >= 0.6 is 11.3 Å². The molecule has 0 saturated carbocycles. The zero-order valence-corrected chi connectivity index (χ0v) is 15.4. The van der Waals surface area contributed by atoms with Crippen molar-refractivity contribution in [2.45, 2.75) is 0 Å². The van der Waals surface area contributed by atoms with E-state index in [1.165, 1.54) is 6.07 Å². The molecule has 2 aromatic carbocycles. The second kappa shape index (κ2) is 7.85. The Balaban J connectivity index is 1.66. The first-order chi connectivity index (χ1) is 13.7. The molecule has 0 saturated heterocycles. The van der Waals surface area contributed by atoms with Crippen LogP contribution in [0.4, 0.5) is 11.4 Å². The van der Waals surface area contributed by atoms with E-state index in [9.17, 15) is 10.1 Å². The molecule has 0 bridgehead atoms. The molecule has 0 amide bonds. The van der Waals surface area contributed by atoms with E-state index in [1.54, 1.807) is 40.4 Å². The quantitative estimate of drug-likeness (QED) is 0.287. The van der Waals surface area contributed by atoms with Gasteiger partial charge in [-0.15, -0.1) is 11.3 Å². The predicted octanol–water partition coefficient (Wildman–Crippen LogP) is 4.96. The first-order valence-electron chi connectivity index (χ1n) is 8.44. The molecule has 0 spiro atoms. The van der Waals surface area contributed by atoms with Gasteiger partial charge in [-0.05, 0) is 29.6 Å². The normalized spacial score (nSPS) is 11.0. The van der Waals surface area contributed by atoms with Crippen molar-refractivity contribution in [1.29, 1.82) is 0 Å². The van der Waals surface area contributed by atoms with Crippen molar-refractivity contribution in [3.63, 3.8) is 0 Å². The third-order valence-electron chi connectivity index (χ3n) is 4.01. The van der Waals surface area contributed by atoms with Crippen LogP contribution < -0.4 is 5.43 Å². The monoisotopic (exact) mass is 389 g/mol. The van der Waals surface area contributed by atoms with Gasteiger partial charge in [0, 0.05) is 17.8 Å². The van der Waals surface area contributed by atoms with Crippen molar-refractivity contribution < 1.29 is 4.92 Å². The van der Waals surface area contributed by atoms with E-state index >= 15 is 0 Å². The number of para-hydroxylation sites is 3. The molecule has 138 valence electrons. The number of hydrazone groups is 1. The summed E-state index contributed by atoms with van der Waals surface area (Å²) in [7, 11) is 0. The van der Waals surface area contributed by atoms with Gasteiger partial charge in [0.15, 0.2) is 0 Å². The molecule has 1 N–H and O–H groups in total. The second-order valence-corrected chi connectivity index (χ2v) is 6.78. The predicted molar refractivity (Wildman–Crippen MR) is 111 cm³/mol. The van der Waals surface area contributed by atoms with Gasteiger partial charge in [0.2, 0.25) is 0 Å². The lowest BCUT2D eigenvalue weighted by Crippen LogP contribution is -1.96. The molecule has 8 heteroatoms. The fraction of sp³-hybridized carbons (Fsp3) is 0. The largest absolute Gasteiger partial charge is 0.294 e. The van der Waals surface area contributed by atoms with E-state index in [1.807, 2.05) is 54.0 Å². The molecule has 0 unspecified atom stereocenters. The molecule has 0 aliphatic rings. The van der Waals surface area contributed by atoms with Gasteiger partial charge in [0.1, 0.15) is 11.4 Å². The fourth-order valence-corrected chi connectivity index (χ4v) is 3.43. The highest BCUT2D eigenvalue weighted by Gasteiger charge is 2.13. The molecular weight excluding hydrogens is 374 g/mol. The Morgan fingerprint density at radius 3 is 2.61 bits per heavy atom. The maximum atomic E-state index is 11.1. The number of hydrogen-bond acceptors (Lipinski definition) is 6. The highest BCUT2D eigenvalue weighted by atomic mass is 32.1. The van der Waals surface area contributed by atoms with Crippen LogP contribution in [0.15, 0.2) is 83.4 Å². The smallest absolute Gasteiger partial charge is 0.272 e. The average molecular weight is 389 g/mol.